The molecule has 0 aliphatic carbocycles. The topological polar surface area (TPSA) is 63.2 Å². The van der Waals surface area contributed by atoms with E-state index in [0.717, 1.165) is 29.8 Å². The summed E-state index contributed by atoms with van der Waals surface area (Å²) in [6, 6.07) is 11.8. The summed E-state index contributed by atoms with van der Waals surface area (Å²) >= 11 is 0. The van der Waals surface area contributed by atoms with Crippen LogP contribution in [0.3, 0.4) is 0 Å². The first-order chi connectivity index (χ1) is 11.3. The van der Waals surface area contributed by atoms with Crippen molar-refractivity contribution in [2.24, 2.45) is 0 Å². The summed E-state index contributed by atoms with van der Waals surface area (Å²) in [4.78, 5) is 15.8. The molecular weight excluding hydrogens is 290 g/mol. The van der Waals surface area contributed by atoms with E-state index in [9.17, 15) is 4.79 Å². The minimum Gasteiger partial charge on any atom is -0.496 e. The van der Waals surface area contributed by atoms with Gasteiger partial charge in [-0.1, -0.05) is 18.2 Å². The van der Waals surface area contributed by atoms with E-state index in [1.165, 1.54) is 0 Å². The Morgan fingerprint density at radius 2 is 1.91 bits per heavy atom. The Labute approximate surface area is 137 Å². The predicted molar refractivity (Wildman–Crippen MR) is 90.3 cm³/mol. The van der Waals surface area contributed by atoms with Crippen LogP contribution in [0.1, 0.15) is 17.5 Å². The zero-order valence-electron chi connectivity index (χ0n) is 13.4. The van der Waals surface area contributed by atoms with Crippen LogP contribution in [0, 0.1) is 0 Å². The normalized spacial score (nSPS) is 10.3. The summed E-state index contributed by atoms with van der Waals surface area (Å²) in [5, 5.41) is 6.19. The maximum atomic E-state index is 11.8. The van der Waals surface area contributed by atoms with Gasteiger partial charge in [-0.3, -0.25) is 9.78 Å². The first-order valence-corrected chi connectivity index (χ1v) is 7.78. The molecule has 0 atom stereocenters. The zero-order valence-corrected chi connectivity index (χ0v) is 13.4. The number of amides is 1. The van der Waals surface area contributed by atoms with E-state index in [1.807, 2.05) is 36.4 Å². The van der Waals surface area contributed by atoms with Crippen LogP contribution in [0.4, 0.5) is 0 Å². The molecule has 1 aromatic carbocycles. The number of aromatic nitrogens is 1. The molecule has 2 N–H and O–H groups in total. The Hall–Kier alpha value is -2.40. The largest absolute Gasteiger partial charge is 0.496 e. The summed E-state index contributed by atoms with van der Waals surface area (Å²) < 4.78 is 5.30. The van der Waals surface area contributed by atoms with Crippen LogP contribution in [-0.2, 0) is 17.8 Å². The van der Waals surface area contributed by atoms with Gasteiger partial charge < -0.3 is 15.4 Å². The quantitative estimate of drug-likeness (QED) is 0.694. The molecule has 0 saturated carbocycles. The predicted octanol–water partition coefficient (Wildman–Crippen LogP) is 1.93. The van der Waals surface area contributed by atoms with E-state index in [0.29, 0.717) is 19.5 Å². The highest BCUT2D eigenvalue weighted by Crippen LogP contribution is 2.17. The van der Waals surface area contributed by atoms with E-state index in [1.54, 1.807) is 19.5 Å². The highest BCUT2D eigenvalue weighted by atomic mass is 16.5. The second-order valence-electron chi connectivity index (χ2n) is 5.19. The molecule has 1 aromatic heterocycles. The molecule has 1 heterocycles. The van der Waals surface area contributed by atoms with Gasteiger partial charge in [0, 0.05) is 38.4 Å². The first kappa shape index (κ1) is 17.0. The van der Waals surface area contributed by atoms with E-state index in [2.05, 4.69) is 15.6 Å². The maximum Gasteiger partial charge on any atom is 0.221 e. The lowest BCUT2D eigenvalue weighted by molar-refractivity contribution is -0.120. The molecule has 23 heavy (non-hydrogen) atoms. The number of hydrogen-bond acceptors (Lipinski definition) is 4. The van der Waals surface area contributed by atoms with Gasteiger partial charge in [0.2, 0.25) is 5.91 Å². The molecule has 0 fully saturated rings. The van der Waals surface area contributed by atoms with Crippen molar-refractivity contribution in [1.29, 1.82) is 0 Å². The van der Waals surface area contributed by atoms with Gasteiger partial charge >= 0.3 is 0 Å². The number of methoxy groups -OCH3 is 1. The summed E-state index contributed by atoms with van der Waals surface area (Å²) in [5.74, 6) is 0.919. The maximum absolute atomic E-state index is 11.8. The lowest BCUT2D eigenvalue weighted by Gasteiger charge is -2.09. The van der Waals surface area contributed by atoms with E-state index >= 15 is 0 Å². The van der Waals surface area contributed by atoms with Gasteiger partial charge in [0.1, 0.15) is 5.75 Å². The molecule has 5 nitrogen and oxygen atoms in total. The number of carbonyl (C=O) groups excluding carboxylic acids is 1. The van der Waals surface area contributed by atoms with Crippen molar-refractivity contribution in [2.45, 2.75) is 19.4 Å². The number of carbonyl (C=O) groups is 1. The van der Waals surface area contributed by atoms with Crippen molar-refractivity contribution in [3.05, 3.63) is 59.9 Å². The molecule has 122 valence electrons. The minimum atomic E-state index is 0.0575. The third kappa shape index (κ3) is 6.08. The molecule has 0 spiro atoms. The van der Waals surface area contributed by atoms with Gasteiger partial charge in [0.05, 0.1) is 7.11 Å². The van der Waals surface area contributed by atoms with Gasteiger partial charge in [-0.2, -0.15) is 0 Å². The van der Waals surface area contributed by atoms with Crippen molar-refractivity contribution in [3.8, 4) is 5.75 Å². The van der Waals surface area contributed by atoms with Crippen molar-refractivity contribution >= 4 is 5.91 Å². The van der Waals surface area contributed by atoms with Crippen LogP contribution in [0.5, 0.6) is 5.75 Å². The average molecular weight is 313 g/mol. The molecule has 1 amide bonds. The Balaban J connectivity index is 1.60. The number of nitrogens with one attached hydrogen (secondary N) is 2. The summed E-state index contributed by atoms with van der Waals surface area (Å²) in [6.07, 6.45) is 4.76. The number of nitrogens with zero attached hydrogens (tertiary/aromatic N) is 1. The monoisotopic (exact) mass is 313 g/mol. The third-order valence-electron chi connectivity index (χ3n) is 3.52. The molecule has 0 aliphatic heterocycles. The molecular formula is C18H23N3O2. The number of pyridine rings is 1. The van der Waals surface area contributed by atoms with E-state index in [-0.39, 0.29) is 5.91 Å². The Morgan fingerprint density at radius 1 is 1.13 bits per heavy atom. The van der Waals surface area contributed by atoms with Gasteiger partial charge in [0.25, 0.3) is 0 Å². The fourth-order valence-corrected chi connectivity index (χ4v) is 2.27. The van der Waals surface area contributed by atoms with Crippen LogP contribution in [-0.4, -0.2) is 31.1 Å². The fraction of sp³-hybridized carbons (Fsp3) is 0.333. The molecule has 5 heteroatoms. The molecule has 0 bridgehead atoms. The highest BCUT2D eigenvalue weighted by molar-refractivity contribution is 5.76. The van der Waals surface area contributed by atoms with Crippen LogP contribution >= 0.6 is 0 Å². The summed E-state index contributed by atoms with van der Waals surface area (Å²) in [5.41, 5.74) is 2.27. The molecule has 0 radical (unpaired) electrons. The van der Waals surface area contributed by atoms with Gasteiger partial charge in [-0.25, -0.2) is 0 Å². The Kier molecular flexibility index (Phi) is 7.07. The molecule has 0 saturated heterocycles. The minimum absolute atomic E-state index is 0.0575. The standard InChI is InChI=1S/C18H23N3O2/c1-23-17-5-3-2-4-16(17)8-13-21-18(22)9-12-20-14-15-6-10-19-11-7-15/h2-7,10-11,20H,8-9,12-14H2,1H3,(H,21,22). The second-order valence-corrected chi connectivity index (χ2v) is 5.19. The van der Waals surface area contributed by atoms with Gasteiger partial charge in [-0.05, 0) is 35.7 Å². The lowest BCUT2D eigenvalue weighted by atomic mass is 10.1. The smallest absolute Gasteiger partial charge is 0.221 e. The Bertz CT molecular complexity index is 602. The van der Waals surface area contributed by atoms with Crippen molar-refractivity contribution < 1.29 is 9.53 Å². The molecule has 0 aliphatic rings. The number of para-hydroxylation sites is 1. The lowest BCUT2D eigenvalue weighted by Crippen LogP contribution is -2.29. The van der Waals surface area contributed by atoms with Crippen LogP contribution in [0.2, 0.25) is 0 Å². The number of ether oxygens (including phenoxy) is 1. The number of rotatable bonds is 9. The molecule has 2 aromatic rings. The average Bonchev–Trinajstić information content (AvgIpc) is 2.60. The molecule has 0 unspecified atom stereocenters. The fourth-order valence-electron chi connectivity index (χ4n) is 2.27. The summed E-state index contributed by atoms with van der Waals surface area (Å²) in [6.45, 7) is 2.02. The van der Waals surface area contributed by atoms with E-state index < -0.39 is 0 Å². The van der Waals surface area contributed by atoms with E-state index in [4.69, 9.17) is 4.74 Å². The third-order valence-corrected chi connectivity index (χ3v) is 3.52. The zero-order chi connectivity index (χ0) is 16.3. The summed E-state index contributed by atoms with van der Waals surface area (Å²) in [7, 11) is 1.66. The Morgan fingerprint density at radius 3 is 2.70 bits per heavy atom. The van der Waals surface area contributed by atoms with Gasteiger partial charge in [0.15, 0.2) is 0 Å². The molecule has 2 rings (SSSR count). The van der Waals surface area contributed by atoms with Crippen molar-refractivity contribution in [3.63, 3.8) is 0 Å². The SMILES string of the molecule is COc1ccccc1CCNC(=O)CCNCc1ccncc1. The van der Waals surface area contributed by atoms with Crippen LogP contribution < -0.4 is 15.4 Å². The van der Waals surface area contributed by atoms with Crippen molar-refractivity contribution in [1.82, 2.24) is 15.6 Å². The first-order valence-electron chi connectivity index (χ1n) is 7.78. The van der Waals surface area contributed by atoms with Gasteiger partial charge in [-0.15, -0.1) is 0 Å². The highest BCUT2D eigenvalue weighted by Gasteiger charge is 2.04. The van der Waals surface area contributed by atoms with Crippen molar-refractivity contribution in [2.75, 3.05) is 20.2 Å². The van der Waals surface area contributed by atoms with Crippen LogP contribution in [0.25, 0.3) is 0 Å². The number of hydrogen-bond donors (Lipinski definition) is 2. The van der Waals surface area contributed by atoms with Crippen LogP contribution in [0.15, 0.2) is 48.8 Å². The second kappa shape index (κ2) is 9.58. The number of benzene rings is 1.